The molecule has 4 bridgehead atoms. The normalized spacial score (nSPS) is 23.1. The van der Waals surface area contributed by atoms with Gasteiger partial charge in [-0.05, 0) is 181 Å². The zero-order valence-electron chi connectivity index (χ0n) is 44.4. The minimum absolute atomic E-state index is 0.0499. The molecule has 2 saturated carbocycles. The third-order valence-electron chi connectivity index (χ3n) is 17.6. The van der Waals surface area contributed by atoms with Gasteiger partial charge < -0.3 is 39.9 Å². The quantitative estimate of drug-likeness (QED) is 0.105. The zero-order valence-corrected chi connectivity index (χ0v) is 44.4. The van der Waals surface area contributed by atoms with Crippen molar-refractivity contribution in [1.82, 2.24) is 40.4 Å². The average Bonchev–Trinajstić information content (AvgIpc) is 4.22. The molecule has 4 N–H and O–H groups in total. The van der Waals surface area contributed by atoms with E-state index >= 15 is 8.78 Å². The van der Waals surface area contributed by atoms with Crippen LogP contribution in [-0.2, 0) is 44.7 Å². The van der Waals surface area contributed by atoms with Crippen LogP contribution in [0.3, 0.4) is 0 Å². The first kappa shape index (κ1) is 51.3. The molecule has 4 fully saturated rings. The molecule has 8 aliphatic rings. The van der Waals surface area contributed by atoms with E-state index in [1.165, 1.54) is 14.2 Å². The van der Waals surface area contributed by atoms with Crippen LogP contribution in [0.5, 0.6) is 0 Å². The van der Waals surface area contributed by atoms with Crippen LogP contribution < -0.4 is 10.6 Å². The Hall–Kier alpha value is -6.84. The second-order valence-corrected chi connectivity index (χ2v) is 22.8. The van der Waals surface area contributed by atoms with E-state index in [0.29, 0.717) is 60.3 Å². The summed E-state index contributed by atoms with van der Waals surface area (Å²) in [6.45, 7) is 7.70. The number of H-pyrrole nitrogens is 2. The number of alkyl carbamates (subject to hydrolysis) is 2. The first-order chi connectivity index (χ1) is 36.7. The number of imidazole rings is 2. The minimum atomic E-state index is -0.751. The van der Waals surface area contributed by atoms with Crippen LogP contribution in [0.2, 0.25) is 0 Å². The van der Waals surface area contributed by atoms with Crippen LogP contribution in [0.15, 0.2) is 60.7 Å². The summed E-state index contributed by atoms with van der Waals surface area (Å²) >= 11 is 0. The van der Waals surface area contributed by atoms with Gasteiger partial charge in [-0.3, -0.25) is 9.59 Å². The smallest absolute Gasteiger partial charge is 0.407 e. The van der Waals surface area contributed by atoms with Gasteiger partial charge in [-0.15, -0.1) is 0 Å². The van der Waals surface area contributed by atoms with E-state index in [0.717, 1.165) is 120 Å². The first-order valence-electron chi connectivity index (χ1n) is 27.6. The van der Waals surface area contributed by atoms with E-state index in [1.807, 2.05) is 86.0 Å². The Morgan fingerprint density at radius 1 is 0.566 bits per heavy atom. The van der Waals surface area contributed by atoms with Gasteiger partial charge in [0.15, 0.2) is 0 Å². The van der Waals surface area contributed by atoms with Crippen molar-refractivity contribution in [1.29, 1.82) is 0 Å². The van der Waals surface area contributed by atoms with Crippen molar-refractivity contribution in [2.24, 2.45) is 23.7 Å². The number of carbonyl (C=O) groups is 4. The van der Waals surface area contributed by atoms with E-state index in [4.69, 9.17) is 19.4 Å². The first-order valence-corrected chi connectivity index (χ1v) is 27.6. The number of aromatic nitrogens is 4. The lowest BCUT2D eigenvalue weighted by Crippen LogP contribution is -2.53. The molecule has 14 rings (SSSR count). The Labute approximate surface area is 442 Å². The van der Waals surface area contributed by atoms with Crippen molar-refractivity contribution in [3.63, 3.8) is 0 Å². The second-order valence-electron chi connectivity index (χ2n) is 22.8. The molecule has 14 nitrogen and oxygen atoms in total. The number of aryl methyl sites for hydroxylation is 4. The maximum Gasteiger partial charge on any atom is 0.407 e. The number of carbonyl (C=O) groups excluding carboxylic acids is 4. The number of ether oxygens (including phenoxy) is 2. The van der Waals surface area contributed by atoms with Crippen molar-refractivity contribution in [3.05, 3.63) is 106 Å². The molecule has 0 unspecified atom stereocenters. The van der Waals surface area contributed by atoms with Gasteiger partial charge in [0, 0.05) is 12.1 Å². The van der Waals surface area contributed by atoms with Crippen LogP contribution >= 0.6 is 0 Å². The summed E-state index contributed by atoms with van der Waals surface area (Å²) in [5, 5.41) is 5.60. The molecule has 76 heavy (non-hydrogen) atoms. The van der Waals surface area contributed by atoms with Crippen molar-refractivity contribution in [2.45, 2.75) is 154 Å². The molecule has 4 amide bonds. The lowest BCUT2D eigenvalue weighted by Gasteiger charge is -2.36. The SMILES string of the molecule is COC(=O)N[C@H](C(=O)N1[C@H](c2nc3cc(-c4cc5c(F)cc4CCc4cc(-c6ccc7[nH]c([C@@H]8C[C@@H]9CCCC[C@@H]9N8C(=O)[C@@H](NC(=O)OC)C(C)C)nc7c6)c(cc4F)CC5)ccc3[nH]2)C[C@@H]2CCCC[C@@H]21)C(C)C. The molecule has 8 atom stereocenters. The molecule has 400 valence electrons. The third-order valence-corrected chi connectivity index (χ3v) is 17.6. The lowest BCUT2D eigenvalue weighted by atomic mass is 9.84. The average molecular weight is 1040 g/mol. The van der Waals surface area contributed by atoms with E-state index in [9.17, 15) is 19.2 Å². The number of methoxy groups -OCH3 is 2. The van der Waals surface area contributed by atoms with Gasteiger partial charge in [0.25, 0.3) is 0 Å². The number of fused-ring (bicyclic) bond motifs is 4. The number of aromatic amines is 2. The van der Waals surface area contributed by atoms with Crippen molar-refractivity contribution < 1.29 is 37.4 Å². The molecule has 4 aromatic carbocycles. The number of hydrogen-bond acceptors (Lipinski definition) is 8. The third kappa shape index (κ3) is 9.58. The van der Waals surface area contributed by atoms with Crippen LogP contribution in [0.1, 0.15) is 138 Å². The highest BCUT2D eigenvalue weighted by molar-refractivity contribution is 5.89. The van der Waals surface area contributed by atoms with Crippen molar-refractivity contribution in [2.75, 3.05) is 14.2 Å². The highest BCUT2D eigenvalue weighted by Crippen LogP contribution is 2.48. The number of rotatable bonds is 10. The van der Waals surface area contributed by atoms with Crippen LogP contribution in [0, 0.1) is 35.3 Å². The molecule has 2 aliphatic heterocycles. The maximum absolute atomic E-state index is 16.3. The molecule has 0 spiro atoms. The van der Waals surface area contributed by atoms with Gasteiger partial charge in [0.05, 0.1) is 48.4 Å². The maximum atomic E-state index is 16.3. The fraction of sp³-hybridized carbons (Fsp3) is 0.500. The number of amides is 4. The molecule has 6 aliphatic carbocycles. The molecule has 2 aromatic heterocycles. The molecule has 2 saturated heterocycles. The minimum Gasteiger partial charge on any atom is -0.453 e. The Morgan fingerprint density at radius 3 is 1.36 bits per heavy atom. The van der Waals surface area contributed by atoms with Crippen LogP contribution in [0.4, 0.5) is 18.4 Å². The molecular formula is C60H70F2N8O6. The predicted molar refractivity (Wildman–Crippen MR) is 286 cm³/mol. The molecular weight excluding hydrogens is 967 g/mol. The number of hydrogen-bond donors (Lipinski definition) is 4. The zero-order chi connectivity index (χ0) is 53.1. The summed E-state index contributed by atoms with van der Waals surface area (Å²) in [4.78, 5) is 75.2. The van der Waals surface area contributed by atoms with Gasteiger partial charge in [-0.25, -0.2) is 28.3 Å². The highest BCUT2D eigenvalue weighted by atomic mass is 19.1. The summed E-state index contributed by atoms with van der Waals surface area (Å²) in [7, 11) is 2.60. The number of halogens is 2. The standard InChI is InChI=1S/C60H70F2N8O6/c1-31(2)53(67-59(73)75-5)57(71)69-49-13-9-7-11-39(49)29-51(69)55-63-45-21-19-35(27-47(45)65-55)41-23-37-18-16-34-26-44(62)38(17-15-33(41)25-43(37)61)24-42(34)36-20-22-46-48(28-36)66-56(64-46)52-30-40-12-8-10-14-50(40)70(52)58(72)54(32(3)4)68-60(74)76-6/h19-28,31-32,39-40,49-54H,7-18,29-30H2,1-6H3,(H,63,65)(H,64,66)(H,67,73)(H,68,74)/t39-,40-,49-,50-,51-,52-,53-,54-/m0/s1. The Bertz CT molecular complexity index is 3010. The Kier molecular flexibility index (Phi) is 14.1. The summed E-state index contributed by atoms with van der Waals surface area (Å²) in [6.07, 6.45) is 9.89. The van der Waals surface area contributed by atoms with Crippen LogP contribution in [-0.4, -0.2) is 92.1 Å². The van der Waals surface area contributed by atoms with E-state index in [2.05, 4.69) is 20.6 Å². The number of benzene rings is 4. The van der Waals surface area contributed by atoms with E-state index in [1.54, 1.807) is 12.1 Å². The predicted octanol–water partition coefficient (Wildman–Crippen LogP) is 11.4. The van der Waals surface area contributed by atoms with Crippen LogP contribution in [0.25, 0.3) is 44.3 Å². The summed E-state index contributed by atoms with van der Waals surface area (Å²) in [6, 6.07) is 17.2. The monoisotopic (exact) mass is 1040 g/mol. The number of nitrogens with zero attached hydrogens (tertiary/aromatic N) is 4. The Morgan fingerprint density at radius 2 is 0.961 bits per heavy atom. The van der Waals surface area contributed by atoms with Gasteiger partial charge in [0.2, 0.25) is 11.8 Å². The van der Waals surface area contributed by atoms with E-state index in [-0.39, 0.29) is 59.5 Å². The topological polar surface area (TPSA) is 175 Å². The van der Waals surface area contributed by atoms with Gasteiger partial charge in [-0.1, -0.05) is 65.5 Å². The fourth-order valence-electron chi connectivity index (χ4n) is 13.7. The summed E-state index contributed by atoms with van der Waals surface area (Å²) in [5.41, 5.74) is 9.19. The van der Waals surface area contributed by atoms with Gasteiger partial charge in [-0.2, -0.15) is 0 Å². The van der Waals surface area contributed by atoms with E-state index < -0.39 is 24.3 Å². The molecule has 6 aromatic rings. The Balaban J connectivity index is 0.873. The fourth-order valence-corrected chi connectivity index (χ4v) is 13.7. The largest absolute Gasteiger partial charge is 0.453 e. The number of likely N-dealkylation sites (tertiary alicyclic amines) is 2. The summed E-state index contributed by atoms with van der Waals surface area (Å²) in [5.74, 6) is 0.899. The lowest BCUT2D eigenvalue weighted by molar-refractivity contribution is -0.139. The number of nitrogens with one attached hydrogen (secondary N) is 4. The van der Waals surface area contributed by atoms with Crippen molar-refractivity contribution >= 4 is 46.1 Å². The summed E-state index contributed by atoms with van der Waals surface area (Å²) < 4.78 is 42.4. The van der Waals surface area contributed by atoms with Crippen molar-refractivity contribution in [3.8, 4) is 22.3 Å². The molecule has 16 heteroatoms. The second kappa shape index (κ2) is 20.9. The molecule has 0 radical (unpaired) electrons. The highest BCUT2D eigenvalue weighted by Gasteiger charge is 2.50. The van der Waals surface area contributed by atoms with Gasteiger partial charge >= 0.3 is 12.2 Å². The molecule has 4 heterocycles. The van der Waals surface area contributed by atoms with Gasteiger partial charge in [0.1, 0.15) is 35.4 Å².